The fourth-order valence-electron chi connectivity index (χ4n) is 3.48. The Balaban J connectivity index is 2.60. The minimum Gasteiger partial charge on any atom is -0.350 e. The largest absolute Gasteiger partial charge is 0.350 e. The molecule has 0 aliphatic carbocycles. The summed E-state index contributed by atoms with van der Waals surface area (Å²) in [5.74, 6) is 5.30. The summed E-state index contributed by atoms with van der Waals surface area (Å²) >= 11 is 0. The summed E-state index contributed by atoms with van der Waals surface area (Å²) in [5, 5.41) is 0. The molecule has 0 saturated heterocycles. The number of benzene rings is 1. The van der Waals surface area contributed by atoms with Gasteiger partial charge in [0, 0.05) is 11.3 Å². The van der Waals surface area contributed by atoms with Gasteiger partial charge in [0.1, 0.15) is 6.04 Å². The number of hydrogen-bond donors (Lipinski definition) is 2. The van der Waals surface area contributed by atoms with Crippen LogP contribution < -0.4 is 16.2 Å². The number of rotatable bonds is 4. The van der Waals surface area contributed by atoms with Crippen molar-refractivity contribution in [1.82, 2.24) is 5.43 Å². The normalized spacial score (nSPS) is 17.5. The van der Waals surface area contributed by atoms with Gasteiger partial charge in [-0.3, -0.25) is 10.2 Å². The molecule has 4 heteroatoms. The van der Waals surface area contributed by atoms with Gasteiger partial charge in [0.05, 0.1) is 5.54 Å². The van der Waals surface area contributed by atoms with E-state index in [9.17, 15) is 4.79 Å². The quantitative estimate of drug-likeness (QED) is 0.510. The van der Waals surface area contributed by atoms with Crippen LogP contribution in [0.25, 0.3) is 5.57 Å². The maximum atomic E-state index is 12.3. The minimum absolute atomic E-state index is 0.130. The van der Waals surface area contributed by atoms with Crippen LogP contribution in [0.15, 0.2) is 24.3 Å². The van der Waals surface area contributed by atoms with Gasteiger partial charge in [-0.05, 0) is 51.8 Å². The Morgan fingerprint density at radius 2 is 2.05 bits per heavy atom. The van der Waals surface area contributed by atoms with Gasteiger partial charge in [0.2, 0.25) is 0 Å². The monoisotopic (exact) mass is 301 g/mol. The average molecular weight is 301 g/mol. The first-order chi connectivity index (χ1) is 10.3. The molecular formula is C18H27N3O. The number of hydrogen-bond acceptors (Lipinski definition) is 3. The molecule has 1 aliphatic heterocycles. The first-order valence-electron chi connectivity index (χ1n) is 7.92. The topological polar surface area (TPSA) is 58.4 Å². The van der Waals surface area contributed by atoms with E-state index in [1.165, 1.54) is 16.7 Å². The Labute approximate surface area is 133 Å². The van der Waals surface area contributed by atoms with Crippen LogP contribution >= 0.6 is 0 Å². The number of nitrogens with zero attached hydrogens (tertiary/aromatic N) is 1. The van der Waals surface area contributed by atoms with Crippen LogP contribution in [0.3, 0.4) is 0 Å². The van der Waals surface area contributed by atoms with E-state index in [2.05, 4.69) is 69.2 Å². The highest BCUT2D eigenvalue weighted by atomic mass is 16.2. The molecule has 4 nitrogen and oxygen atoms in total. The van der Waals surface area contributed by atoms with Crippen molar-refractivity contribution in [3.05, 3.63) is 35.4 Å². The van der Waals surface area contributed by atoms with Crippen LogP contribution in [0.2, 0.25) is 0 Å². The Hall–Kier alpha value is -1.81. The summed E-state index contributed by atoms with van der Waals surface area (Å²) in [7, 11) is 0. The third kappa shape index (κ3) is 2.88. The highest BCUT2D eigenvalue weighted by molar-refractivity contribution is 5.89. The molecule has 1 heterocycles. The van der Waals surface area contributed by atoms with Gasteiger partial charge in [-0.15, -0.1) is 0 Å². The van der Waals surface area contributed by atoms with Crippen molar-refractivity contribution in [1.29, 1.82) is 0 Å². The van der Waals surface area contributed by atoms with Gasteiger partial charge in [-0.2, -0.15) is 0 Å². The van der Waals surface area contributed by atoms with Crippen LogP contribution in [0.4, 0.5) is 5.69 Å². The lowest BCUT2D eigenvalue weighted by Gasteiger charge is -2.47. The van der Waals surface area contributed by atoms with Crippen molar-refractivity contribution < 1.29 is 4.79 Å². The maximum Gasteiger partial charge on any atom is 0.256 e. The number of carbonyl (C=O) groups excluding carboxylic acids is 1. The molecule has 0 aromatic heterocycles. The van der Waals surface area contributed by atoms with E-state index in [4.69, 9.17) is 5.84 Å². The molecule has 1 atom stereocenters. The fraction of sp³-hybridized carbons (Fsp3) is 0.500. The number of nitrogens with one attached hydrogen (secondary N) is 1. The summed E-state index contributed by atoms with van der Waals surface area (Å²) < 4.78 is 0. The Kier molecular flexibility index (Phi) is 4.61. The number of fused-ring (bicyclic) bond motifs is 1. The molecule has 0 spiro atoms. The van der Waals surface area contributed by atoms with Crippen molar-refractivity contribution in [3.63, 3.8) is 0 Å². The molecule has 1 aliphatic rings. The highest BCUT2D eigenvalue weighted by Crippen LogP contribution is 2.41. The summed E-state index contributed by atoms with van der Waals surface area (Å²) in [6.07, 6.45) is 3.93. The third-order valence-corrected chi connectivity index (χ3v) is 4.35. The lowest BCUT2D eigenvalue weighted by atomic mass is 9.86. The van der Waals surface area contributed by atoms with Gasteiger partial charge >= 0.3 is 0 Å². The van der Waals surface area contributed by atoms with E-state index in [0.29, 0.717) is 0 Å². The number of carbonyl (C=O) groups is 1. The predicted molar refractivity (Wildman–Crippen MR) is 92.4 cm³/mol. The maximum absolute atomic E-state index is 12.3. The molecule has 1 aromatic rings. The zero-order chi connectivity index (χ0) is 16.5. The number of hydrazine groups is 1. The van der Waals surface area contributed by atoms with Gasteiger partial charge in [0.25, 0.3) is 5.91 Å². The van der Waals surface area contributed by atoms with E-state index in [1.807, 2.05) is 0 Å². The molecule has 0 fully saturated rings. The number of anilines is 1. The van der Waals surface area contributed by atoms with Crippen molar-refractivity contribution in [3.8, 4) is 0 Å². The molecule has 1 aromatic carbocycles. The third-order valence-electron chi connectivity index (χ3n) is 4.35. The van der Waals surface area contributed by atoms with E-state index >= 15 is 0 Å². The van der Waals surface area contributed by atoms with Crippen molar-refractivity contribution in [2.24, 2.45) is 5.84 Å². The summed E-state index contributed by atoms with van der Waals surface area (Å²) in [6.45, 7) is 10.6. The van der Waals surface area contributed by atoms with Crippen LogP contribution in [-0.2, 0) is 4.79 Å². The zero-order valence-corrected chi connectivity index (χ0v) is 14.2. The first-order valence-corrected chi connectivity index (χ1v) is 7.92. The smallest absolute Gasteiger partial charge is 0.256 e. The van der Waals surface area contributed by atoms with Gasteiger partial charge in [-0.25, -0.2) is 5.84 Å². The lowest BCUT2D eigenvalue weighted by molar-refractivity contribution is -0.122. The van der Waals surface area contributed by atoms with Crippen LogP contribution in [0, 0.1) is 6.92 Å². The van der Waals surface area contributed by atoms with E-state index in [1.54, 1.807) is 0 Å². The average Bonchev–Trinajstić information content (AvgIpc) is 2.45. The Morgan fingerprint density at radius 1 is 1.36 bits per heavy atom. The van der Waals surface area contributed by atoms with E-state index < -0.39 is 0 Å². The van der Waals surface area contributed by atoms with E-state index in [-0.39, 0.29) is 17.5 Å². The molecule has 0 bridgehead atoms. The van der Waals surface area contributed by atoms with Crippen LogP contribution in [0.1, 0.15) is 51.7 Å². The minimum atomic E-state index is -0.268. The molecule has 22 heavy (non-hydrogen) atoms. The second-order valence-corrected chi connectivity index (χ2v) is 6.68. The Morgan fingerprint density at radius 3 is 2.64 bits per heavy atom. The standard InChI is InChI=1S/C18H27N3O/c1-6-7-16(17(22)20-19)21-15-9-8-12(2)10-14(15)13(3)11-18(21,4)5/h8-11,16H,6-7,19H2,1-5H3,(H,20,22)/t16-/m0/s1. The van der Waals surface area contributed by atoms with Crippen LogP contribution in [0.5, 0.6) is 0 Å². The van der Waals surface area contributed by atoms with Gasteiger partial charge in [0.15, 0.2) is 0 Å². The van der Waals surface area contributed by atoms with Gasteiger partial charge in [-0.1, -0.05) is 31.1 Å². The number of aryl methyl sites for hydroxylation is 1. The predicted octanol–water partition coefficient (Wildman–Crippen LogP) is 3.16. The second-order valence-electron chi connectivity index (χ2n) is 6.68. The first kappa shape index (κ1) is 16.6. The number of amides is 1. The van der Waals surface area contributed by atoms with Gasteiger partial charge < -0.3 is 4.90 Å². The molecule has 120 valence electrons. The lowest BCUT2D eigenvalue weighted by Crippen LogP contribution is -2.57. The molecular weight excluding hydrogens is 274 g/mol. The van der Waals surface area contributed by atoms with Crippen molar-refractivity contribution in [2.75, 3.05) is 4.90 Å². The highest BCUT2D eigenvalue weighted by Gasteiger charge is 2.38. The van der Waals surface area contributed by atoms with E-state index in [0.717, 1.165) is 18.5 Å². The second kappa shape index (κ2) is 6.13. The van der Waals surface area contributed by atoms with Crippen molar-refractivity contribution in [2.45, 2.75) is 59.0 Å². The summed E-state index contributed by atoms with van der Waals surface area (Å²) in [6, 6.07) is 6.14. The molecule has 0 radical (unpaired) electrons. The Bertz CT molecular complexity index is 604. The molecule has 2 rings (SSSR count). The fourth-order valence-corrected chi connectivity index (χ4v) is 3.48. The zero-order valence-electron chi connectivity index (χ0n) is 14.2. The number of allylic oxidation sites excluding steroid dienone is 1. The summed E-state index contributed by atoms with van der Waals surface area (Å²) in [5.41, 5.74) is 6.88. The van der Waals surface area contributed by atoms with Crippen LogP contribution in [-0.4, -0.2) is 17.5 Å². The molecule has 1 amide bonds. The van der Waals surface area contributed by atoms with Crippen molar-refractivity contribution >= 4 is 17.2 Å². The molecule has 0 saturated carbocycles. The SMILES string of the molecule is CCC[C@@H](C(=O)NN)N1c2ccc(C)cc2C(C)=CC1(C)C. The molecule has 3 N–H and O–H groups in total. The molecule has 0 unspecified atom stereocenters. The summed E-state index contributed by atoms with van der Waals surface area (Å²) in [4.78, 5) is 14.6. The number of nitrogens with two attached hydrogens (primary N) is 1.